The van der Waals surface area contributed by atoms with Gasteiger partial charge in [0, 0.05) is 19.2 Å². The second-order valence-electron chi connectivity index (χ2n) is 7.06. The molecule has 0 aliphatic carbocycles. The summed E-state index contributed by atoms with van der Waals surface area (Å²) in [5, 5.41) is 11.2. The second-order valence-corrected chi connectivity index (χ2v) is 7.06. The number of aliphatic hydroxyl groups excluding tert-OH is 1. The molecule has 0 saturated carbocycles. The van der Waals surface area contributed by atoms with Crippen LogP contribution >= 0.6 is 0 Å². The van der Waals surface area contributed by atoms with Gasteiger partial charge in [-0.1, -0.05) is 12.1 Å². The van der Waals surface area contributed by atoms with Crippen molar-refractivity contribution in [1.82, 2.24) is 4.90 Å². The number of Topliss-reactive ketones (excluding diaryl/α,β-unsaturated/α-hetero) is 1. The van der Waals surface area contributed by atoms with Crippen LogP contribution in [0.2, 0.25) is 0 Å². The maximum Gasteiger partial charge on any atom is 0.295 e. The highest BCUT2D eigenvalue weighted by Crippen LogP contribution is 2.41. The highest BCUT2D eigenvalue weighted by atomic mass is 16.5. The third-order valence-electron chi connectivity index (χ3n) is 5.22. The summed E-state index contributed by atoms with van der Waals surface area (Å²) in [7, 11) is 4.50. The smallest absolute Gasteiger partial charge is 0.295 e. The Hall–Kier alpha value is -3.52. The molecule has 8 heteroatoms. The van der Waals surface area contributed by atoms with Crippen molar-refractivity contribution in [2.24, 2.45) is 0 Å². The van der Waals surface area contributed by atoms with Crippen LogP contribution in [-0.2, 0) is 14.3 Å². The molecule has 1 atom stereocenters. The molecule has 2 aromatic rings. The van der Waals surface area contributed by atoms with Gasteiger partial charge in [-0.25, -0.2) is 0 Å². The number of rotatable bonds is 9. The zero-order chi connectivity index (χ0) is 23.3. The minimum Gasteiger partial charge on any atom is -0.507 e. The quantitative estimate of drug-likeness (QED) is 0.363. The molecule has 0 aromatic heterocycles. The van der Waals surface area contributed by atoms with Crippen LogP contribution in [-0.4, -0.2) is 62.8 Å². The van der Waals surface area contributed by atoms with E-state index < -0.39 is 17.7 Å². The molecule has 0 radical (unpaired) electrons. The Bertz CT molecular complexity index is 1030. The molecule has 1 fully saturated rings. The number of ether oxygens (including phenoxy) is 4. The highest BCUT2D eigenvalue weighted by molar-refractivity contribution is 6.46. The van der Waals surface area contributed by atoms with Crippen LogP contribution in [0, 0.1) is 0 Å². The molecule has 3 rings (SSSR count). The number of carbonyl (C=O) groups excluding carboxylic acids is 2. The van der Waals surface area contributed by atoms with E-state index in [9.17, 15) is 14.7 Å². The molecule has 1 heterocycles. The van der Waals surface area contributed by atoms with Gasteiger partial charge in [-0.15, -0.1) is 0 Å². The molecule has 0 bridgehead atoms. The molecular weight excluding hydrogens is 414 g/mol. The van der Waals surface area contributed by atoms with E-state index in [0.29, 0.717) is 35.0 Å². The van der Waals surface area contributed by atoms with Gasteiger partial charge in [0.15, 0.2) is 11.5 Å². The van der Waals surface area contributed by atoms with Gasteiger partial charge >= 0.3 is 0 Å². The fourth-order valence-corrected chi connectivity index (χ4v) is 3.73. The van der Waals surface area contributed by atoms with Crippen molar-refractivity contribution in [1.29, 1.82) is 0 Å². The lowest BCUT2D eigenvalue weighted by atomic mass is 9.95. The molecule has 8 nitrogen and oxygen atoms in total. The SMILES string of the molecule is CCOc1cccc(C2/C(=C(\O)c3ccc(OC)c(OC)c3)C(=O)C(=O)N2CCOC)c1. The normalized spacial score (nSPS) is 17.5. The van der Waals surface area contributed by atoms with Crippen LogP contribution in [0.5, 0.6) is 17.2 Å². The number of nitrogens with zero attached hydrogens (tertiary/aromatic N) is 1. The standard InChI is InChI=1S/C24H27NO7/c1-5-32-17-8-6-7-15(13-17)21-20(23(27)24(28)25(21)11-12-29-2)22(26)16-9-10-18(30-3)19(14-16)31-4/h6-10,13-14,21,26H,5,11-12H2,1-4H3/b22-20+. The zero-order valence-corrected chi connectivity index (χ0v) is 18.6. The number of hydrogen-bond acceptors (Lipinski definition) is 7. The molecule has 1 unspecified atom stereocenters. The summed E-state index contributed by atoms with van der Waals surface area (Å²) in [4.78, 5) is 27.3. The van der Waals surface area contributed by atoms with Gasteiger partial charge in [0.05, 0.1) is 39.0 Å². The van der Waals surface area contributed by atoms with Crippen LogP contribution < -0.4 is 14.2 Å². The Kier molecular flexibility index (Phi) is 7.37. The minimum atomic E-state index is -0.793. The lowest BCUT2D eigenvalue weighted by Crippen LogP contribution is -2.32. The van der Waals surface area contributed by atoms with Gasteiger partial charge in [0.1, 0.15) is 11.5 Å². The van der Waals surface area contributed by atoms with Crippen molar-refractivity contribution >= 4 is 17.4 Å². The largest absolute Gasteiger partial charge is 0.507 e. The van der Waals surface area contributed by atoms with E-state index in [1.807, 2.05) is 6.92 Å². The highest BCUT2D eigenvalue weighted by Gasteiger charge is 2.46. The van der Waals surface area contributed by atoms with Gasteiger partial charge in [-0.3, -0.25) is 9.59 Å². The first-order valence-corrected chi connectivity index (χ1v) is 10.2. The van der Waals surface area contributed by atoms with Crippen molar-refractivity contribution in [3.63, 3.8) is 0 Å². The number of ketones is 1. The first-order valence-electron chi connectivity index (χ1n) is 10.2. The van der Waals surface area contributed by atoms with E-state index in [-0.39, 0.29) is 24.5 Å². The number of amides is 1. The van der Waals surface area contributed by atoms with E-state index >= 15 is 0 Å². The molecule has 1 saturated heterocycles. The van der Waals surface area contributed by atoms with Crippen LogP contribution in [0.4, 0.5) is 0 Å². The van der Waals surface area contributed by atoms with E-state index in [2.05, 4.69) is 0 Å². The summed E-state index contributed by atoms with van der Waals surface area (Å²) in [6.45, 7) is 2.77. The maximum atomic E-state index is 13.0. The van der Waals surface area contributed by atoms with Gasteiger partial charge in [0.2, 0.25) is 0 Å². The molecular formula is C24H27NO7. The molecule has 2 aromatic carbocycles. The summed E-state index contributed by atoms with van der Waals surface area (Å²) in [6, 6.07) is 11.1. The summed E-state index contributed by atoms with van der Waals surface area (Å²) < 4.78 is 21.3. The van der Waals surface area contributed by atoms with Crippen LogP contribution in [0.3, 0.4) is 0 Å². The number of hydrogen-bond donors (Lipinski definition) is 1. The summed E-state index contributed by atoms with van der Waals surface area (Å²) in [5.74, 6) is -0.286. The number of likely N-dealkylation sites (tertiary alicyclic amines) is 1. The topological polar surface area (TPSA) is 94.5 Å². The number of aliphatic hydroxyl groups is 1. The summed E-state index contributed by atoms with van der Waals surface area (Å²) >= 11 is 0. The molecule has 1 aliphatic heterocycles. The average molecular weight is 441 g/mol. The predicted octanol–water partition coefficient (Wildman–Crippen LogP) is 3.17. The van der Waals surface area contributed by atoms with Gasteiger partial charge in [0.25, 0.3) is 11.7 Å². The predicted molar refractivity (Wildman–Crippen MR) is 118 cm³/mol. The maximum absolute atomic E-state index is 13.0. The second kappa shape index (κ2) is 10.2. The zero-order valence-electron chi connectivity index (χ0n) is 18.6. The number of methoxy groups -OCH3 is 3. The third kappa shape index (κ3) is 4.40. The lowest BCUT2D eigenvalue weighted by Gasteiger charge is -2.25. The van der Waals surface area contributed by atoms with Gasteiger partial charge < -0.3 is 29.0 Å². The fraction of sp³-hybridized carbons (Fsp3) is 0.333. The summed E-state index contributed by atoms with van der Waals surface area (Å²) in [5.41, 5.74) is 0.971. The minimum absolute atomic E-state index is 0.00743. The average Bonchev–Trinajstić information content (AvgIpc) is 3.07. The van der Waals surface area contributed by atoms with Crippen molar-refractivity contribution in [2.75, 3.05) is 41.1 Å². The monoisotopic (exact) mass is 441 g/mol. The Balaban J connectivity index is 2.17. The van der Waals surface area contributed by atoms with Crippen LogP contribution in [0.15, 0.2) is 48.0 Å². The Morgan fingerprint density at radius 1 is 1.03 bits per heavy atom. The first-order chi connectivity index (χ1) is 15.5. The Morgan fingerprint density at radius 3 is 2.44 bits per heavy atom. The lowest BCUT2D eigenvalue weighted by molar-refractivity contribution is -0.140. The third-order valence-corrected chi connectivity index (χ3v) is 5.22. The molecule has 0 spiro atoms. The van der Waals surface area contributed by atoms with Crippen molar-refractivity contribution in [3.8, 4) is 17.2 Å². The molecule has 1 aliphatic rings. The molecule has 1 amide bonds. The number of benzene rings is 2. The fourth-order valence-electron chi connectivity index (χ4n) is 3.73. The van der Waals surface area contributed by atoms with E-state index in [1.54, 1.807) is 42.5 Å². The molecule has 32 heavy (non-hydrogen) atoms. The van der Waals surface area contributed by atoms with Crippen molar-refractivity contribution in [2.45, 2.75) is 13.0 Å². The molecule has 1 N–H and O–H groups in total. The van der Waals surface area contributed by atoms with Crippen LogP contribution in [0.1, 0.15) is 24.1 Å². The van der Waals surface area contributed by atoms with Gasteiger partial charge in [-0.05, 0) is 42.8 Å². The number of carbonyl (C=O) groups is 2. The van der Waals surface area contributed by atoms with Gasteiger partial charge in [-0.2, -0.15) is 0 Å². The van der Waals surface area contributed by atoms with Crippen molar-refractivity contribution < 1.29 is 33.6 Å². The van der Waals surface area contributed by atoms with E-state index in [4.69, 9.17) is 18.9 Å². The first kappa shape index (κ1) is 23.1. The van der Waals surface area contributed by atoms with Crippen molar-refractivity contribution in [3.05, 3.63) is 59.2 Å². The molecule has 170 valence electrons. The Labute approximate surface area is 187 Å². The summed E-state index contributed by atoms with van der Waals surface area (Å²) in [6.07, 6.45) is 0. The Morgan fingerprint density at radius 2 is 1.78 bits per heavy atom. The van der Waals surface area contributed by atoms with E-state index in [0.717, 1.165) is 0 Å². The van der Waals surface area contributed by atoms with E-state index in [1.165, 1.54) is 26.2 Å². The van der Waals surface area contributed by atoms with Crippen LogP contribution in [0.25, 0.3) is 5.76 Å².